The van der Waals surface area contributed by atoms with Gasteiger partial charge in [0.15, 0.2) is 0 Å². The van der Waals surface area contributed by atoms with Crippen LogP contribution in [0.5, 0.6) is 0 Å². The van der Waals surface area contributed by atoms with E-state index in [1.165, 1.54) is 0 Å². The van der Waals surface area contributed by atoms with Crippen molar-refractivity contribution < 1.29 is 44.1 Å². The molecule has 0 bridgehead atoms. The number of rotatable bonds is 14. The molecule has 1 aliphatic heterocycles. The molecule has 1 heterocycles. The van der Waals surface area contributed by atoms with Crippen molar-refractivity contribution in [2.24, 2.45) is 5.73 Å². The zero-order valence-electron chi connectivity index (χ0n) is 20.6. The molecule has 14 heteroatoms. The lowest BCUT2D eigenvalue weighted by Gasteiger charge is -2.29. The summed E-state index contributed by atoms with van der Waals surface area (Å²) in [5.41, 5.74) is 6.38. The normalized spacial score (nSPS) is 17.2. The van der Waals surface area contributed by atoms with E-state index in [0.29, 0.717) is 12.2 Å². The third-order valence-electron chi connectivity index (χ3n) is 5.84. The molecular formula is C24H32N4O9S. The maximum Gasteiger partial charge on any atom is 0.305 e. The number of aliphatic carboxylic acids is 2. The van der Waals surface area contributed by atoms with Crippen molar-refractivity contribution in [3.8, 4) is 0 Å². The number of thioether (sulfide) groups is 1. The summed E-state index contributed by atoms with van der Waals surface area (Å²) in [5.74, 6) is -4.50. The van der Waals surface area contributed by atoms with Crippen molar-refractivity contribution in [2.75, 3.05) is 13.2 Å². The Bertz CT molecular complexity index is 1020. The van der Waals surface area contributed by atoms with Gasteiger partial charge < -0.3 is 36.6 Å². The van der Waals surface area contributed by atoms with Gasteiger partial charge in [-0.1, -0.05) is 42.1 Å². The zero-order valence-corrected chi connectivity index (χ0v) is 21.4. The molecule has 0 saturated carbocycles. The molecule has 0 spiro atoms. The van der Waals surface area contributed by atoms with Crippen LogP contribution in [0.15, 0.2) is 30.3 Å². The summed E-state index contributed by atoms with van der Waals surface area (Å²) in [6.45, 7) is -0.675. The molecule has 1 aromatic rings. The maximum atomic E-state index is 13.1. The summed E-state index contributed by atoms with van der Waals surface area (Å²) in [4.78, 5) is 74.2. The number of aliphatic hydroxyl groups is 1. The summed E-state index contributed by atoms with van der Waals surface area (Å²) in [7, 11) is 0. The van der Waals surface area contributed by atoms with Gasteiger partial charge in [-0.25, -0.2) is 0 Å². The van der Waals surface area contributed by atoms with E-state index in [1.807, 2.05) is 30.3 Å². The predicted molar refractivity (Wildman–Crippen MR) is 136 cm³/mol. The Morgan fingerprint density at radius 2 is 1.71 bits per heavy atom. The Morgan fingerprint density at radius 1 is 1.03 bits per heavy atom. The number of nitrogens with zero attached hydrogens (tertiary/aromatic N) is 1. The summed E-state index contributed by atoms with van der Waals surface area (Å²) >= 11 is 0.942. The molecule has 0 radical (unpaired) electrons. The summed E-state index contributed by atoms with van der Waals surface area (Å²) in [5, 5.41) is 31.9. The number of nitrogens with one attached hydrogen (secondary N) is 2. The van der Waals surface area contributed by atoms with Crippen molar-refractivity contribution in [1.82, 2.24) is 15.5 Å². The lowest BCUT2D eigenvalue weighted by Crippen LogP contribution is -2.57. The van der Waals surface area contributed by atoms with Gasteiger partial charge in [0.05, 0.1) is 25.1 Å². The molecule has 0 aromatic heterocycles. The fourth-order valence-corrected chi connectivity index (χ4v) is 4.74. The lowest BCUT2D eigenvalue weighted by molar-refractivity contribution is -0.143. The standard InChI is InChI=1S/C24H32N4O9S/c25-15(11-20(32)33)21(34)27-17(12-29)23(36)28-10-4-7-18(28)22(35)26-16(8-9-19(30)31)24(37)38-13-14-5-2-1-3-6-14/h1-3,5-6,15-18,29H,4,7-13,25H2,(H,26,35)(H,27,34)(H,30,31)(H,32,33)/t15-,16-,17-,18-/m0/s1. The fourth-order valence-electron chi connectivity index (χ4n) is 3.86. The van der Waals surface area contributed by atoms with E-state index in [4.69, 9.17) is 15.9 Å². The van der Waals surface area contributed by atoms with Crippen molar-refractivity contribution in [3.05, 3.63) is 35.9 Å². The monoisotopic (exact) mass is 552 g/mol. The van der Waals surface area contributed by atoms with Crippen LogP contribution in [0.1, 0.15) is 37.7 Å². The van der Waals surface area contributed by atoms with Crippen LogP contribution in [0.2, 0.25) is 0 Å². The molecular weight excluding hydrogens is 520 g/mol. The second-order valence-electron chi connectivity index (χ2n) is 8.72. The molecule has 38 heavy (non-hydrogen) atoms. The first kappa shape index (κ1) is 30.7. The Kier molecular flexibility index (Phi) is 12.2. The molecule has 4 atom stereocenters. The summed E-state index contributed by atoms with van der Waals surface area (Å²) < 4.78 is 0. The average Bonchev–Trinajstić information content (AvgIpc) is 3.38. The third-order valence-corrected chi connectivity index (χ3v) is 6.89. The number of hydrogen-bond donors (Lipinski definition) is 6. The van der Waals surface area contributed by atoms with E-state index in [-0.39, 0.29) is 25.8 Å². The van der Waals surface area contributed by atoms with E-state index in [0.717, 1.165) is 22.2 Å². The van der Waals surface area contributed by atoms with Crippen molar-refractivity contribution in [2.45, 2.75) is 62.0 Å². The van der Waals surface area contributed by atoms with E-state index < -0.39 is 72.0 Å². The first-order chi connectivity index (χ1) is 18.0. The number of hydrogen-bond acceptors (Lipinski definition) is 9. The molecule has 7 N–H and O–H groups in total. The van der Waals surface area contributed by atoms with E-state index in [2.05, 4.69) is 10.6 Å². The minimum Gasteiger partial charge on any atom is -0.481 e. The second-order valence-corrected chi connectivity index (χ2v) is 9.70. The van der Waals surface area contributed by atoms with Gasteiger partial charge >= 0.3 is 11.9 Å². The molecule has 3 amide bonds. The molecule has 1 fully saturated rings. The van der Waals surface area contributed by atoms with E-state index >= 15 is 0 Å². The number of aliphatic hydroxyl groups excluding tert-OH is 1. The van der Waals surface area contributed by atoms with Crippen LogP contribution < -0.4 is 16.4 Å². The van der Waals surface area contributed by atoms with Gasteiger partial charge in [-0.15, -0.1) is 0 Å². The van der Waals surface area contributed by atoms with Crippen molar-refractivity contribution in [3.63, 3.8) is 0 Å². The van der Waals surface area contributed by atoms with Crippen LogP contribution >= 0.6 is 11.8 Å². The van der Waals surface area contributed by atoms with E-state index in [9.17, 15) is 33.9 Å². The van der Waals surface area contributed by atoms with Gasteiger partial charge in [0.25, 0.3) is 0 Å². The van der Waals surface area contributed by atoms with Crippen LogP contribution in [-0.4, -0.2) is 92.3 Å². The topological polar surface area (TPSA) is 216 Å². The number of carboxylic acids is 2. The van der Waals surface area contributed by atoms with Gasteiger partial charge in [-0.3, -0.25) is 28.8 Å². The number of carbonyl (C=O) groups excluding carboxylic acids is 4. The Balaban J connectivity index is 2.06. The van der Waals surface area contributed by atoms with Crippen LogP contribution in [-0.2, 0) is 34.5 Å². The predicted octanol–water partition coefficient (Wildman–Crippen LogP) is -0.934. The Hall–Kier alpha value is -3.49. The number of carboxylic acid groups (broad SMARTS) is 2. The Morgan fingerprint density at radius 3 is 2.32 bits per heavy atom. The first-order valence-corrected chi connectivity index (χ1v) is 12.9. The molecule has 1 aliphatic rings. The zero-order chi connectivity index (χ0) is 28.2. The minimum atomic E-state index is -1.46. The number of likely N-dealkylation sites (tertiary alicyclic amines) is 1. The summed E-state index contributed by atoms with van der Waals surface area (Å²) in [6, 6.07) is 4.11. The quantitative estimate of drug-likeness (QED) is 0.166. The molecule has 0 aliphatic carbocycles. The van der Waals surface area contributed by atoms with Gasteiger partial charge in [0.1, 0.15) is 12.1 Å². The minimum absolute atomic E-state index is 0.140. The fraction of sp³-hybridized carbons (Fsp3) is 0.500. The number of carbonyl (C=O) groups is 6. The van der Waals surface area contributed by atoms with Crippen LogP contribution in [0.25, 0.3) is 0 Å². The number of benzene rings is 1. The molecule has 208 valence electrons. The highest BCUT2D eigenvalue weighted by Gasteiger charge is 2.39. The highest BCUT2D eigenvalue weighted by molar-refractivity contribution is 8.13. The van der Waals surface area contributed by atoms with Gasteiger partial charge in [0, 0.05) is 18.7 Å². The average molecular weight is 553 g/mol. The number of nitrogens with two attached hydrogens (primary N) is 1. The molecule has 1 saturated heterocycles. The summed E-state index contributed by atoms with van der Waals surface area (Å²) in [6.07, 6.45) is -0.491. The van der Waals surface area contributed by atoms with Gasteiger partial charge in [0.2, 0.25) is 22.8 Å². The van der Waals surface area contributed by atoms with E-state index in [1.54, 1.807) is 0 Å². The largest absolute Gasteiger partial charge is 0.481 e. The molecule has 1 aromatic carbocycles. The smallest absolute Gasteiger partial charge is 0.305 e. The molecule has 2 rings (SSSR count). The third kappa shape index (κ3) is 9.43. The van der Waals surface area contributed by atoms with Crippen LogP contribution in [0.4, 0.5) is 0 Å². The lowest BCUT2D eigenvalue weighted by atomic mass is 10.1. The van der Waals surface area contributed by atoms with Gasteiger partial charge in [-0.05, 0) is 24.8 Å². The first-order valence-electron chi connectivity index (χ1n) is 11.9. The molecule has 13 nitrogen and oxygen atoms in total. The second kappa shape index (κ2) is 15.1. The van der Waals surface area contributed by atoms with Crippen LogP contribution in [0, 0.1) is 0 Å². The SMILES string of the molecule is N[C@@H](CC(=O)O)C(=O)N[C@@H](CO)C(=O)N1CCC[C@H]1C(=O)N[C@@H](CCC(=O)O)C(=O)SCc1ccccc1. The Labute approximate surface area is 223 Å². The van der Waals surface area contributed by atoms with Crippen LogP contribution in [0.3, 0.4) is 0 Å². The molecule has 0 unspecified atom stereocenters. The van der Waals surface area contributed by atoms with Crippen molar-refractivity contribution >= 4 is 46.5 Å². The highest BCUT2D eigenvalue weighted by atomic mass is 32.2. The number of amides is 3. The van der Waals surface area contributed by atoms with Gasteiger partial charge in [-0.2, -0.15) is 0 Å². The van der Waals surface area contributed by atoms with Crippen molar-refractivity contribution in [1.29, 1.82) is 0 Å². The highest BCUT2D eigenvalue weighted by Crippen LogP contribution is 2.21. The maximum absolute atomic E-state index is 13.1.